The molecule has 1 saturated heterocycles. The Balaban J connectivity index is 2.12. The van der Waals surface area contributed by atoms with E-state index in [1.54, 1.807) is 11.0 Å². The first-order chi connectivity index (χ1) is 9.40. The van der Waals surface area contributed by atoms with Crippen LogP contribution in [-0.2, 0) is 9.59 Å². The molecule has 110 valence electrons. The van der Waals surface area contributed by atoms with E-state index < -0.39 is 11.9 Å². The molecule has 1 aromatic rings. The van der Waals surface area contributed by atoms with Crippen LogP contribution in [0.1, 0.15) is 37.5 Å². The minimum absolute atomic E-state index is 0.0121. The lowest BCUT2D eigenvalue weighted by molar-refractivity contribution is -0.147. The Bertz CT molecular complexity index is 516. The van der Waals surface area contributed by atoms with Gasteiger partial charge in [-0.3, -0.25) is 9.59 Å². The van der Waals surface area contributed by atoms with Crippen LogP contribution in [0.5, 0.6) is 0 Å². The maximum atomic E-state index is 12.6. The summed E-state index contributed by atoms with van der Waals surface area (Å²) < 4.78 is 0.662. The second-order valence-corrected chi connectivity index (χ2v) is 7.06. The molecule has 4 nitrogen and oxygen atoms in total. The average molecular weight is 316 g/mol. The lowest BCUT2D eigenvalue weighted by Gasteiger charge is -2.37. The highest BCUT2D eigenvalue weighted by atomic mass is 35.5. The molecule has 3 atom stereocenters. The van der Waals surface area contributed by atoms with Crippen LogP contribution in [0.4, 0.5) is 0 Å². The molecule has 1 N–H and O–H groups in total. The molecule has 1 aromatic heterocycles. The van der Waals surface area contributed by atoms with Crippen molar-refractivity contribution in [3.63, 3.8) is 0 Å². The number of hydrogen-bond acceptors (Lipinski definition) is 3. The van der Waals surface area contributed by atoms with Crippen LogP contribution in [0.15, 0.2) is 12.1 Å². The van der Waals surface area contributed by atoms with Crippen LogP contribution in [0, 0.1) is 5.92 Å². The minimum Gasteiger partial charge on any atom is -0.481 e. The fraction of sp³-hybridized carbons (Fsp3) is 0.571. The quantitative estimate of drug-likeness (QED) is 0.931. The second kappa shape index (κ2) is 6.14. The summed E-state index contributed by atoms with van der Waals surface area (Å²) in [7, 11) is 0. The Morgan fingerprint density at radius 1 is 1.45 bits per heavy atom. The summed E-state index contributed by atoms with van der Waals surface area (Å²) >= 11 is 7.30. The zero-order valence-electron chi connectivity index (χ0n) is 11.5. The van der Waals surface area contributed by atoms with Crippen molar-refractivity contribution >= 4 is 34.8 Å². The summed E-state index contributed by atoms with van der Waals surface area (Å²) in [5.41, 5.74) is 0. The first kappa shape index (κ1) is 15.3. The molecular formula is C14H18ClNO3S. The maximum Gasteiger partial charge on any atom is 0.308 e. The van der Waals surface area contributed by atoms with E-state index in [1.807, 2.05) is 19.9 Å². The first-order valence-corrected chi connectivity index (χ1v) is 7.88. The Kier molecular flexibility index (Phi) is 4.70. The number of piperidine rings is 1. The second-order valence-electron chi connectivity index (χ2n) is 5.32. The van der Waals surface area contributed by atoms with Crippen molar-refractivity contribution in [1.29, 1.82) is 0 Å². The van der Waals surface area contributed by atoms with Crippen LogP contribution in [0.25, 0.3) is 0 Å². The number of amides is 1. The largest absolute Gasteiger partial charge is 0.481 e. The van der Waals surface area contributed by atoms with Gasteiger partial charge in [0, 0.05) is 17.5 Å². The minimum atomic E-state index is -0.818. The lowest BCUT2D eigenvalue weighted by Crippen LogP contribution is -2.48. The molecule has 2 heterocycles. The van der Waals surface area contributed by atoms with E-state index >= 15 is 0 Å². The van der Waals surface area contributed by atoms with Crippen molar-refractivity contribution in [3.8, 4) is 0 Å². The van der Waals surface area contributed by atoms with Crippen LogP contribution < -0.4 is 0 Å². The zero-order chi connectivity index (χ0) is 14.9. The van der Waals surface area contributed by atoms with E-state index in [0.29, 0.717) is 17.3 Å². The number of likely N-dealkylation sites (tertiary alicyclic amines) is 1. The number of carboxylic acid groups (broad SMARTS) is 1. The third-order valence-corrected chi connectivity index (χ3v) is 5.32. The van der Waals surface area contributed by atoms with Gasteiger partial charge in [0.2, 0.25) is 5.91 Å². The number of carbonyl (C=O) groups is 2. The van der Waals surface area contributed by atoms with E-state index in [-0.39, 0.29) is 17.9 Å². The molecule has 0 aliphatic carbocycles. The number of thiophene rings is 1. The molecule has 0 spiro atoms. The predicted octanol–water partition coefficient (Wildman–Crippen LogP) is 3.22. The van der Waals surface area contributed by atoms with Gasteiger partial charge in [-0.05, 0) is 38.8 Å². The van der Waals surface area contributed by atoms with Crippen LogP contribution in [-0.4, -0.2) is 34.5 Å². The smallest absolute Gasteiger partial charge is 0.308 e. The normalized spacial score (nSPS) is 24.4. The van der Waals surface area contributed by atoms with E-state index in [2.05, 4.69) is 0 Å². The molecule has 3 unspecified atom stereocenters. The molecule has 0 aromatic carbocycles. The van der Waals surface area contributed by atoms with Gasteiger partial charge < -0.3 is 10.0 Å². The number of halogens is 1. The molecule has 1 aliphatic rings. The monoisotopic (exact) mass is 315 g/mol. The molecule has 0 bridgehead atoms. The van der Waals surface area contributed by atoms with E-state index in [1.165, 1.54) is 11.3 Å². The van der Waals surface area contributed by atoms with Gasteiger partial charge in [0.1, 0.15) is 0 Å². The Morgan fingerprint density at radius 2 is 2.15 bits per heavy atom. The summed E-state index contributed by atoms with van der Waals surface area (Å²) in [6, 6.07) is 3.74. The average Bonchev–Trinajstić information content (AvgIpc) is 2.84. The van der Waals surface area contributed by atoms with Crippen LogP contribution in [0.3, 0.4) is 0 Å². The Labute approximate surface area is 127 Å². The molecule has 0 saturated carbocycles. The highest BCUT2D eigenvalue weighted by molar-refractivity contribution is 7.16. The van der Waals surface area contributed by atoms with Gasteiger partial charge in [-0.15, -0.1) is 11.3 Å². The molecular weight excluding hydrogens is 298 g/mol. The van der Waals surface area contributed by atoms with Crippen molar-refractivity contribution in [2.24, 2.45) is 5.92 Å². The first-order valence-electron chi connectivity index (χ1n) is 6.68. The molecule has 1 amide bonds. The van der Waals surface area contributed by atoms with Crippen molar-refractivity contribution in [3.05, 3.63) is 21.3 Å². The van der Waals surface area contributed by atoms with E-state index in [4.69, 9.17) is 16.7 Å². The fourth-order valence-electron chi connectivity index (χ4n) is 2.55. The van der Waals surface area contributed by atoms with Gasteiger partial charge in [0.25, 0.3) is 0 Å². The third kappa shape index (κ3) is 3.15. The zero-order valence-corrected chi connectivity index (χ0v) is 13.1. The number of carbonyl (C=O) groups excluding carboxylic acids is 1. The van der Waals surface area contributed by atoms with Gasteiger partial charge >= 0.3 is 5.97 Å². The number of aliphatic carboxylic acids is 1. The Morgan fingerprint density at radius 3 is 2.70 bits per heavy atom. The van der Waals surface area contributed by atoms with Gasteiger partial charge in [-0.1, -0.05) is 11.6 Å². The van der Waals surface area contributed by atoms with Crippen molar-refractivity contribution in [2.75, 3.05) is 6.54 Å². The predicted molar refractivity (Wildman–Crippen MR) is 79.3 cm³/mol. The van der Waals surface area contributed by atoms with E-state index in [9.17, 15) is 9.59 Å². The molecule has 0 radical (unpaired) electrons. The highest BCUT2D eigenvalue weighted by Crippen LogP contribution is 2.31. The fourth-order valence-corrected chi connectivity index (χ4v) is 3.65. The lowest BCUT2D eigenvalue weighted by atomic mass is 9.92. The van der Waals surface area contributed by atoms with Gasteiger partial charge in [-0.2, -0.15) is 0 Å². The third-order valence-electron chi connectivity index (χ3n) is 3.91. The number of rotatable bonds is 3. The molecule has 1 fully saturated rings. The topological polar surface area (TPSA) is 57.6 Å². The van der Waals surface area contributed by atoms with Gasteiger partial charge in [0.15, 0.2) is 0 Å². The van der Waals surface area contributed by atoms with Crippen LogP contribution >= 0.6 is 22.9 Å². The standard InChI is InChI=1S/C14H18ClNO3S/c1-8-3-4-10(14(18)19)7-16(8)13(17)9(2)11-5-6-12(15)20-11/h5-6,8-10H,3-4,7H2,1-2H3,(H,18,19). The number of nitrogens with zero attached hydrogens (tertiary/aromatic N) is 1. The van der Waals surface area contributed by atoms with E-state index in [0.717, 1.165) is 11.3 Å². The Hall–Kier alpha value is -1.07. The van der Waals surface area contributed by atoms with Gasteiger partial charge in [-0.25, -0.2) is 0 Å². The summed E-state index contributed by atoms with van der Waals surface area (Å²) in [6.07, 6.45) is 1.38. The maximum absolute atomic E-state index is 12.6. The summed E-state index contributed by atoms with van der Waals surface area (Å²) in [6.45, 7) is 4.13. The van der Waals surface area contributed by atoms with Gasteiger partial charge in [0.05, 0.1) is 16.2 Å². The summed E-state index contributed by atoms with van der Waals surface area (Å²) in [5.74, 6) is -1.56. The summed E-state index contributed by atoms with van der Waals surface area (Å²) in [5, 5.41) is 9.13. The van der Waals surface area contributed by atoms with Crippen molar-refractivity contribution in [1.82, 2.24) is 4.90 Å². The highest BCUT2D eigenvalue weighted by Gasteiger charge is 2.34. The molecule has 20 heavy (non-hydrogen) atoms. The molecule has 2 rings (SSSR count). The molecule has 1 aliphatic heterocycles. The van der Waals surface area contributed by atoms with Crippen molar-refractivity contribution < 1.29 is 14.7 Å². The molecule has 6 heteroatoms. The van der Waals surface area contributed by atoms with Crippen molar-refractivity contribution in [2.45, 2.75) is 38.6 Å². The number of carboxylic acids is 1. The number of hydrogen-bond donors (Lipinski definition) is 1. The summed E-state index contributed by atoms with van der Waals surface area (Å²) in [4.78, 5) is 26.3. The van der Waals surface area contributed by atoms with Crippen LogP contribution in [0.2, 0.25) is 4.34 Å². The SMILES string of the molecule is CC(C(=O)N1CC(C(=O)O)CCC1C)c1ccc(Cl)s1.